The first-order valence-corrected chi connectivity index (χ1v) is 6.36. The number of carbonyl (C=O) groups is 1. The molecule has 3 aliphatic carbocycles. The number of hydrogen-bond donors (Lipinski definition) is 0. The third-order valence-corrected chi connectivity index (χ3v) is 4.70. The van der Waals surface area contributed by atoms with Crippen LogP contribution in [0.1, 0.15) is 44.9 Å². The van der Waals surface area contributed by atoms with Crippen molar-refractivity contribution in [3.8, 4) is 6.07 Å². The summed E-state index contributed by atoms with van der Waals surface area (Å²) in [7, 11) is 0. The van der Waals surface area contributed by atoms with Crippen molar-refractivity contribution >= 4 is 5.97 Å². The molecule has 3 atom stereocenters. The van der Waals surface area contributed by atoms with Gasteiger partial charge in [-0.25, -0.2) is 0 Å². The molecule has 0 spiro atoms. The van der Waals surface area contributed by atoms with Crippen LogP contribution in [0, 0.1) is 29.1 Å². The predicted molar refractivity (Wildman–Crippen MR) is 57.2 cm³/mol. The van der Waals surface area contributed by atoms with Gasteiger partial charge in [0.05, 0.1) is 5.92 Å². The molecule has 86 valence electrons. The maximum atomic E-state index is 12.0. The van der Waals surface area contributed by atoms with E-state index in [0.717, 1.165) is 31.6 Å². The zero-order chi connectivity index (χ0) is 11.2. The molecule has 0 N–H and O–H groups in total. The third kappa shape index (κ3) is 1.43. The van der Waals surface area contributed by atoms with Crippen molar-refractivity contribution in [1.82, 2.24) is 0 Å². The summed E-state index contributed by atoms with van der Waals surface area (Å²) in [4.78, 5) is 12.0. The molecule has 0 aromatic carbocycles. The lowest BCUT2D eigenvalue weighted by Crippen LogP contribution is -2.42. The summed E-state index contributed by atoms with van der Waals surface area (Å²) in [6.45, 7) is 0. The van der Waals surface area contributed by atoms with Crippen LogP contribution in [0.2, 0.25) is 0 Å². The van der Waals surface area contributed by atoms with Gasteiger partial charge in [0, 0.05) is 12.8 Å². The van der Waals surface area contributed by atoms with Crippen LogP contribution >= 0.6 is 0 Å². The Bertz CT molecular complexity index is 353. The topological polar surface area (TPSA) is 50.1 Å². The highest BCUT2D eigenvalue weighted by Crippen LogP contribution is 2.49. The quantitative estimate of drug-likeness (QED) is 0.670. The van der Waals surface area contributed by atoms with E-state index in [0.29, 0.717) is 5.92 Å². The summed E-state index contributed by atoms with van der Waals surface area (Å²) < 4.78 is 5.46. The van der Waals surface area contributed by atoms with E-state index in [1.54, 1.807) is 0 Å². The Morgan fingerprint density at radius 3 is 2.56 bits per heavy atom. The van der Waals surface area contributed by atoms with Crippen molar-refractivity contribution in [3.05, 3.63) is 0 Å². The van der Waals surface area contributed by atoms with Crippen LogP contribution in [0.3, 0.4) is 0 Å². The maximum absolute atomic E-state index is 12.0. The average Bonchev–Trinajstić information content (AvgIpc) is 2.84. The first-order valence-electron chi connectivity index (χ1n) is 6.36. The minimum Gasteiger partial charge on any atom is -0.443 e. The highest BCUT2D eigenvalue weighted by atomic mass is 16.6. The normalized spacial score (nSPS) is 38.8. The van der Waals surface area contributed by atoms with Gasteiger partial charge in [0.1, 0.15) is 6.07 Å². The molecule has 16 heavy (non-hydrogen) atoms. The molecule has 0 aliphatic heterocycles. The summed E-state index contributed by atoms with van der Waals surface area (Å²) in [5.41, 5.74) is -0.751. The fourth-order valence-electron chi connectivity index (χ4n) is 3.54. The molecule has 0 amide bonds. The monoisotopic (exact) mass is 219 g/mol. The lowest BCUT2D eigenvalue weighted by Gasteiger charge is -2.36. The van der Waals surface area contributed by atoms with Crippen LogP contribution in [0.15, 0.2) is 0 Å². The first kappa shape index (κ1) is 10.1. The number of rotatable bonds is 2. The number of fused-ring (bicyclic) bond motifs is 2. The number of nitriles is 1. The van der Waals surface area contributed by atoms with Gasteiger partial charge in [-0.05, 0) is 37.5 Å². The fourth-order valence-corrected chi connectivity index (χ4v) is 3.54. The van der Waals surface area contributed by atoms with E-state index in [4.69, 9.17) is 10.00 Å². The second-order valence-electron chi connectivity index (χ2n) is 5.66. The zero-order valence-electron chi connectivity index (χ0n) is 9.45. The second kappa shape index (κ2) is 3.48. The fraction of sp³-hybridized carbons (Fsp3) is 0.846. The van der Waals surface area contributed by atoms with Gasteiger partial charge in [0.25, 0.3) is 0 Å². The maximum Gasteiger partial charge on any atom is 0.310 e. The van der Waals surface area contributed by atoms with Gasteiger partial charge in [-0.2, -0.15) is 5.26 Å². The van der Waals surface area contributed by atoms with E-state index in [9.17, 15) is 4.79 Å². The van der Waals surface area contributed by atoms with Crippen LogP contribution in [-0.4, -0.2) is 11.6 Å². The van der Waals surface area contributed by atoms with Gasteiger partial charge < -0.3 is 4.74 Å². The minimum absolute atomic E-state index is 0.0894. The van der Waals surface area contributed by atoms with Crippen LogP contribution in [0.25, 0.3) is 0 Å². The molecular weight excluding hydrogens is 202 g/mol. The van der Waals surface area contributed by atoms with Crippen LogP contribution in [0.4, 0.5) is 0 Å². The largest absolute Gasteiger partial charge is 0.443 e. The molecule has 0 aromatic heterocycles. The predicted octanol–water partition coefficient (Wildman–Crippen LogP) is 2.41. The SMILES string of the molecule is N#CC1(OC(=O)[C@H]2C[C@H]3CC[C@H]2C3)CCC1. The van der Waals surface area contributed by atoms with Gasteiger partial charge in [-0.3, -0.25) is 4.79 Å². The smallest absolute Gasteiger partial charge is 0.310 e. The first-order chi connectivity index (χ1) is 7.72. The average molecular weight is 219 g/mol. The Kier molecular flexibility index (Phi) is 2.20. The summed E-state index contributed by atoms with van der Waals surface area (Å²) >= 11 is 0. The molecule has 3 nitrogen and oxygen atoms in total. The van der Waals surface area contributed by atoms with Crippen LogP contribution in [-0.2, 0) is 9.53 Å². The van der Waals surface area contributed by atoms with E-state index in [1.165, 1.54) is 19.3 Å². The summed E-state index contributed by atoms with van der Waals surface area (Å²) in [5.74, 6) is 1.31. The van der Waals surface area contributed by atoms with E-state index in [-0.39, 0.29) is 11.9 Å². The van der Waals surface area contributed by atoms with Crippen LogP contribution < -0.4 is 0 Å². The Morgan fingerprint density at radius 2 is 2.12 bits per heavy atom. The molecule has 0 heterocycles. The lowest BCUT2D eigenvalue weighted by atomic mass is 9.81. The number of esters is 1. The van der Waals surface area contributed by atoms with E-state index >= 15 is 0 Å². The van der Waals surface area contributed by atoms with Gasteiger partial charge in [0.2, 0.25) is 0 Å². The Labute approximate surface area is 95.8 Å². The summed E-state index contributed by atoms with van der Waals surface area (Å²) in [5, 5.41) is 9.03. The van der Waals surface area contributed by atoms with Crippen molar-refractivity contribution in [2.75, 3.05) is 0 Å². The Morgan fingerprint density at radius 1 is 1.31 bits per heavy atom. The highest BCUT2D eigenvalue weighted by molar-refractivity contribution is 5.74. The van der Waals surface area contributed by atoms with Crippen molar-refractivity contribution in [3.63, 3.8) is 0 Å². The molecular formula is C13H17NO2. The number of ether oxygens (including phenoxy) is 1. The molecule has 2 bridgehead atoms. The van der Waals surface area contributed by atoms with Gasteiger partial charge in [0.15, 0.2) is 5.60 Å². The Balaban J connectivity index is 1.64. The van der Waals surface area contributed by atoms with Gasteiger partial charge >= 0.3 is 5.97 Å². The van der Waals surface area contributed by atoms with Crippen LogP contribution in [0.5, 0.6) is 0 Å². The van der Waals surface area contributed by atoms with Gasteiger partial charge in [-0.1, -0.05) is 6.42 Å². The molecule has 3 aliphatic rings. The lowest BCUT2D eigenvalue weighted by molar-refractivity contribution is -0.168. The number of carbonyl (C=O) groups excluding carboxylic acids is 1. The van der Waals surface area contributed by atoms with Crippen molar-refractivity contribution in [2.45, 2.75) is 50.5 Å². The molecule has 0 saturated heterocycles. The Hall–Kier alpha value is -1.04. The zero-order valence-corrected chi connectivity index (χ0v) is 9.45. The van der Waals surface area contributed by atoms with Gasteiger partial charge in [-0.15, -0.1) is 0 Å². The standard InChI is InChI=1S/C13H17NO2/c14-8-13(4-1-5-13)16-12(15)11-7-9-2-3-10(11)6-9/h9-11H,1-7H2/t9-,10-,11-/m0/s1. The van der Waals surface area contributed by atoms with E-state index < -0.39 is 5.60 Å². The van der Waals surface area contributed by atoms with Crippen molar-refractivity contribution in [1.29, 1.82) is 5.26 Å². The number of hydrogen-bond acceptors (Lipinski definition) is 3. The molecule has 3 heteroatoms. The third-order valence-electron chi connectivity index (χ3n) is 4.70. The molecule has 0 unspecified atom stereocenters. The van der Waals surface area contributed by atoms with E-state index in [1.807, 2.05) is 0 Å². The summed E-state index contributed by atoms with van der Waals surface area (Å²) in [6, 6.07) is 2.17. The highest BCUT2D eigenvalue weighted by Gasteiger charge is 2.48. The molecule has 0 radical (unpaired) electrons. The molecule has 3 saturated carbocycles. The molecule has 0 aromatic rings. The number of nitrogens with zero attached hydrogens (tertiary/aromatic N) is 1. The minimum atomic E-state index is -0.751. The van der Waals surface area contributed by atoms with Crippen molar-refractivity contribution < 1.29 is 9.53 Å². The second-order valence-corrected chi connectivity index (χ2v) is 5.66. The van der Waals surface area contributed by atoms with E-state index in [2.05, 4.69) is 6.07 Å². The molecule has 3 fully saturated rings. The van der Waals surface area contributed by atoms with Crippen molar-refractivity contribution in [2.24, 2.45) is 17.8 Å². The molecule has 3 rings (SSSR count). The summed E-state index contributed by atoms with van der Waals surface area (Å²) in [6.07, 6.45) is 7.16.